The summed E-state index contributed by atoms with van der Waals surface area (Å²) in [6.45, 7) is 8.78. The van der Waals surface area contributed by atoms with Crippen molar-refractivity contribution in [3.63, 3.8) is 0 Å². The summed E-state index contributed by atoms with van der Waals surface area (Å²) in [5.74, 6) is 0.0975. The zero-order valence-corrected chi connectivity index (χ0v) is 14.4. The second-order valence-corrected chi connectivity index (χ2v) is 6.32. The molecule has 1 heterocycles. The molecule has 0 spiro atoms. The van der Waals surface area contributed by atoms with E-state index in [1.807, 2.05) is 18.2 Å². The molecule has 0 atom stereocenters. The van der Waals surface area contributed by atoms with Crippen LogP contribution in [-0.4, -0.2) is 24.8 Å². The van der Waals surface area contributed by atoms with E-state index in [0.29, 0.717) is 6.54 Å². The molecule has 0 aliphatic carbocycles. The highest BCUT2D eigenvalue weighted by Gasteiger charge is 2.25. The van der Waals surface area contributed by atoms with Crippen LogP contribution < -0.4 is 9.80 Å². The van der Waals surface area contributed by atoms with E-state index in [-0.39, 0.29) is 11.7 Å². The summed E-state index contributed by atoms with van der Waals surface area (Å²) in [6.07, 6.45) is 2.58. The molecule has 0 fully saturated rings. The SMILES string of the molecule is CCCN(C(C)=O)c1ccc2c(c1)N(CC)/C(=C/C(C)=O)S2. The minimum Gasteiger partial charge on any atom is -0.335 e. The Morgan fingerprint density at radius 1 is 1.27 bits per heavy atom. The first kappa shape index (κ1) is 16.6. The molecular weight excluding hydrogens is 296 g/mol. The van der Waals surface area contributed by atoms with Crippen LogP contribution in [0.15, 0.2) is 34.2 Å². The molecule has 0 bridgehead atoms. The van der Waals surface area contributed by atoms with Crippen molar-refractivity contribution in [1.29, 1.82) is 0 Å². The van der Waals surface area contributed by atoms with E-state index in [0.717, 1.165) is 34.3 Å². The standard InChI is InChI=1S/C17H22N2O2S/c1-5-9-19(13(4)21)14-7-8-16-15(11-14)18(6-2)17(22-16)10-12(3)20/h7-8,10-11H,5-6,9H2,1-4H3/b17-10-. The zero-order chi connectivity index (χ0) is 16.3. The molecule has 0 unspecified atom stereocenters. The fourth-order valence-corrected chi connectivity index (χ4v) is 3.75. The third-order valence-electron chi connectivity index (χ3n) is 3.50. The van der Waals surface area contributed by atoms with E-state index in [9.17, 15) is 9.59 Å². The topological polar surface area (TPSA) is 40.6 Å². The Kier molecular flexibility index (Phi) is 5.29. The molecule has 1 amide bonds. The lowest BCUT2D eigenvalue weighted by atomic mass is 10.2. The Labute approximate surface area is 136 Å². The average Bonchev–Trinajstić information content (AvgIpc) is 2.79. The van der Waals surface area contributed by atoms with Gasteiger partial charge in [-0.1, -0.05) is 18.7 Å². The van der Waals surface area contributed by atoms with Crippen LogP contribution in [0.2, 0.25) is 0 Å². The van der Waals surface area contributed by atoms with Gasteiger partial charge in [-0.2, -0.15) is 0 Å². The van der Waals surface area contributed by atoms with E-state index in [1.54, 1.807) is 36.6 Å². The van der Waals surface area contributed by atoms with Crippen molar-refractivity contribution in [3.05, 3.63) is 29.3 Å². The van der Waals surface area contributed by atoms with Crippen LogP contribution >= 0.6 is 11.8 Å². The second kappa shape index (κ2) is 7.01. The molecule has 4 nitrogen and oxygen atoms in total. The lowest BCUT2D eigenvalue weighted by Crippen LogP contribution is -2.29. The number of anilines is 2. The van der Waals surface area contributed by atoms with Gasteiger partial charge in [-0.05, 0) is 38.5 Å². The van der Waals surface area contributed by atoms with Crippen molar-refractivity contribution in [2.24, 2.45) is 0 Å². The molecule has 2 rings (SSSR count). The summed E-state index contributed by atoms with van der Waals surface area (Å²) in [4.78, 5) is 28.3. The second-order valence-electron chi connectivity index (χ2n) is 5.26. The number of nitrogens with zero attached hydrogens (tertiary/aromatic N) is 2. The summed E-state index contributed by atoms with van der Waals surface area (Å²) < 4.78 is 0. The molecule has 1 aromatic rings. The third-order valence-corrected chi connectivity index (χ3v) is 4.61. The molecule has 118 valence electrons. The van der Waals surface area contributed by atoms with Gasteiger partial charge < -0.3 is 9.80 Å². The van der Waals surface area contributed by atoms with Crippen molar-refractivity contribution < 1.29 is 9.59 Å². The number of carbonyl (C=O) groups excluding carboxylic acids is 2. The van der Waals surface area contributed by atoms with Crippen LogP contribution in [0.3, 0.4) is 0 Å². The van der Waals surface area contributed by atoms with Crippen LogP contribution in [-0.2, 0) is 9.59 Å². The molecule has 1 aliphatic heterocycles. The van der Waals surface area contributed by atoms with Crippen LogP contribution in [0.25, 0.3) is 0 Å². The molecule has 0 saturated heterocycles. The van der Waals surface area contributed by atoms with Crippen molar-refractivity contribution in [2.45, 2.75) is 39.0 Å². The Morgan fingerprint density at radius 2 is 2.00 bits per heavy atom. The highest BCUT2D eigenvalue weighted by Crippen LogP contribution is 2.47. The lowest BCUT2D eigenvalue weighted by molar-refractivity contribution is -0.116. The molecule has 1 aliphatic rings. The van der Waals surface area contributed by atoms with E-state index in [1.165, 1.54) is 0 Å². The van der Waals surface area contributed by atoms with Gasteiger partial charge in [0.15, 0.2) is 5.78 Å². The number of allylic oxidation sites excluding steroid dienone is 1. The first-order chi connectivity index (χ1) is 10.5. The van der Waals surface area contributed by atoms with Gasteiger partial charge in [0, 0.05) is 36.7 Å². The monoisotopic (exact) mass is 318 g/mol. The number of hydrogen-bond donors (Lipinski definition) is 0. The summed E-state index contributed by atoms with van der Waals surface area (Å²) in [6, 6.07) is 6.06. The van der Waals surface area contributed by atoms with E-state index in [2.05, 4.69) is 18.7 Å². The van der Waals surface area contributed by atoms with Gasteiger partial charge in [0.1, 0.15) is 0 Å². The molecule has 0 aromatic heterocycles. The maximum atomic E-state index is 11.8. The van der Waals surface area contributed by atoms with Crippen LogP contribution in [0.4, 0.5) is 11.4 Å². The van der Waals surface area contributed by atoms with Crippen molar-refractivity contribution in [3.8, 4) is 0 Å². The number of carbonyl (C=O) groups is 2. The fourth-order valence-electron chi connectivity index (χ4n) is 2.56. The molecule has 0 saturated carbocycles. The first-order valence-electron chi connectivity index (χ1n) is 7.57. The van der Waals surface area contributed by atoms with E-state index in [4.69, 9.17) is 0 Å². The molecule has 1 aromatic carbocycles. The van der Waals surface area contributed by atoms with Crippen molar-refractivity contribution in [1.82, 2.24) is 0 Å². The molecule has 5 heteroatoms. The van der Waals surface area contributed by atoms with Gasteiger partial charge >= 0.3 is 0 Å². The normalized spacial score (nSPS) is 15.1. The number of amides is 1. The highest BCUT2D eigenvalue weighted by molar-refractivity contribution is 8.03. The maximum absolute atomic E-state index is 11.8. The van der Waals surface area contributed by atoms with Gasteiger partial charge in [-0.3, -0.25) is 9.59 Å². The number of thioether (sulfide) groups is 1. The molecular formula is C17H22N2O2S. The quantitative estimate of drug-likeness (QED) is 0.774. The number of fused-ring (bicyclic) bond motifs is 1. The van der Waals surface area contributed by atoms with Gasteiger partial charge in [-0.25, -0.2) is 0 Å². The van der Waals surface area contributed by atoms with E-state index >= 15 is 0 Å². The Bertz CT molecular complexity index is 625. The van der Waals surface area contributed by atoms with Crippen LogP contribution in [0, 0.1) is 0 Å². The number of ketones is 1. The maximum Gasteiger partial charge on any atom is 0.223 e. The van der Waals surface area contributed by atoms with Gasteiger partial charge in [0.05, 0.1) is 10.7 Å². The summed E-state index contributed by atoms with van der Waals surface area (Å²) >= 11 is 1.60. The first-order valence-corrected chi connectivity index (χ1v) is 8.39. The summed E-state index contributed by atoms with van der Waals surface area (Å²) in [7, 11) is 0. The van der Waals surface area contributed by atoms with Gasteiger partial charge in [0.25, 0.3) is 0 Å². The van der Waals surface area contributed by atoms with E-state index < -0.39 is 0 Å². The predicted molar refractivity (Wildman–Crippen MR) is 92.4 cm³/mol. The smallest absolute Gasteiger partial charge is 0.223 e. The fraction of sp³-hybridized carbons (Fsp3) is 0.412. The van der Waals surface area contributed by atoms with Gasteiger partial charge in [-0.15, -0.1) is 0 Å². The van der Waals surface area contributed by atoms with Crippen molar-refractivity contribution >= 4 is 34.8 Å². The van der Waals surface area contributed by atoms with Gasteiger partial charge in [0.2, 0.25) is 5.91 Å². The Hall–Kier alpha value is -1.75. The molecule has 0 radical (unpaired) electrons. The number of hydrogen-bond acceptors (Lipinski definition) is 4. The largest absolute Gasteiger partial charge is 0.335 e. The predicted octanol–water partition coefficient (Wildman–Crippen LogP) is 3.81. The zero-order valence-electron chi connectivity index (χ0n) is 13.5. The van der Waals surface area contributed by atoms with Crippen molar-refractivity contribution in [2.75, 3.05) is 22.9 Å². The number of rotatable bonds is 5. The number of benzene rings is 1. The Morgan fingerprint density at radius 3 is 2.55 bits per heavy atom. The Balaban J connectivity index is 2.41. The highest BCUT2D eigenvalue weighted by atomic mass is 32.2. The van der Waals surface area contributed by atoms with Crippen LogP contribution in [0.5, 0.6) is 0 Å². The molecule has 22 heavy (non-hydrogen) atoms. The third kappa shape index (κ3) is 3.35. The average molecular weight is 318 g/mol. The summed E-state index contributed by atoms with van der Waals surface area (Å²) in [5, 5.41) is 0.951. The molecule has 0 N–H and O–H groups in total. The lowest BCUT2D eigenvalue weighted by Gasteiger charge is -2.23. The van der Waals surface area contributed by atoms with Crippen LogP contribution in [0.1, 0.15) is 34.1 Å². The summed E-state index contributed by atoms with van der Waals surface area (Å²) in [5.41, 5.74) is 1.98. The minimum absolute atomic E-state index is 0.0466. The minimum atomic E-state index is 0.0466.